The number of nitrogens with zero attached hydrogens (tertiary/aromatic N) is 2. The van der Waals surface area contributed by atoms with Gasteiger partial charge in [0.15, 0.2) is 12.6 Å². The normalized spacial score (nSPS) is 18.1. The molecule has 0 amide bonds. The maximum Gasteiger partial charge on any atom is 0.189 e. The van der Waals surface area contributed by atoms with Crippen LogP contribution in [0.3, 0.4) is 0 Å². The molecule has 3 aromatic rings. The summed E-state index contributed by atoms with van der Waals surface area (Å²) in [4.78, 5) is 0. The van der Waals surface area contributed by atoms with Crippen LogP contribution in [0.15, 0.2) is 42.5 Å². The lowest BCUT2D eigenvalue weighted by Gasteiger charge is -2.33. The number of hydrogen-bond donors (Lipinski definition) is 1. The molecule has 0 bridgehead atoms. The number of aromatic nitrogens is 2. The van der Waals surface area contributed by atoms with Gasteiger partial charge in [-0.3, -0.25) is 0 Å². The van der Waals surface area contributed by atoms with Crippen molar-refractivity contribution in [2.75, 3.05) is 18.7 Å². The van der Waals surface area contributed by atoms with Crippen molar-refractivity contribution in [1.29, 1.82) is 0 Å². The summed E-state index contributed by atoms with van der Waals surface area (Å²) in [6.07, 6.45) is 7.91. The molecule has 1 N–H and O–H groups in total. The summed E-state index contributed by atoms with van der Waals surface area (Å²) in [7, 11) is 0. The Morgan fingerprint density at radius 1 is 1.14 bits per heavy atom. The standard InChI is InChI=1S/C24H25N3O2/c1-4-17-10-11-21(22(14-17)29-15-28-5-2)23-19-8-6-7-9-20(19)24(27-26-23)25-18-12-16(3)13-18/h1,6-11,14,16,18H,5,12-13,15H2,2-3H3,(H,25,27). The smallest absolute Gasteiger partial charge is 0.189 e. The molecule has 4 rings (SSSR count). The lowest BCUT2D eigenvalue weighted by Crippen LogP contribution is -2.34. The van der Waals surface area contributed by atoms with E-state index in [9.17, 15) is 0 Å². The molecule has 1 aliphatic carbocycles. The summed E-state index contributed by atoms with van der Waals surface area (Å²) in [5.74, 6) is 4.90. The fraction of sp³-hybridized carbons (Fsp3) is 0.333. The zero-order valence-corrected chi connectivity index (χ0v) is 16.8. The minimum Gasteiger partial charge on any atom is -0.467 e. The van der Waals surface area contributed by atoms with Gasteiger partial charge >= 0.3 is 0 Å². The number of fused-ring (bicyclic) bond motifs is 1. The molecule has 2 aromatic carbocycles. The number of ether oxygens (including phenoxy) is 2. The molecule has 0 radical (unpaired) electrons. The summed E-state index contributed by atoms with van der Waals surface area (Å²) in [6.45, 7) is 4.93. The van der Waals surface area contributed by atoms with Crippen LogP contribution in [0.1, 0.15) is 32.3 Å². The van der Waals surface area contributed by atoms with Crippen LogP contribution < -0.4 is 10.1 Å². The van der Waals surface area contributed by atoms with Gasteiger partial charge in [-0.1, -0.05) is 37.1 Å². The number of terminal acetylenes is 1. The van der Waals surface area contributed by atoms with E-state index in [1.54, 1.807) is 0 Å². The Morgan fingerprint density at radius 2 is 1.93 bits per heavy atom. The first kappa shape index (κ1) is 19.2. The Morgan fingerprint density at radius 3 is 2.66 bits per heavy atom. The van der Waals surface area contributed by atoms with Crippen LogP contribution in [-0.2, 0) is 4.74 Å². The van der Waals surface area contributed by atoms with Gasteiger partial charge in [-0.25, -0.2) is 0 Å². The second-order valence-corrected chi connectivity index (χ2v) is 7.47. The summed E-state index contributed by atoms with van der Waals surface area (Å²) >= 11 is 0. The summed E-state index contributed by atoms with van der Waals surface area (Å²) in [6, 6.07) is 14.3. The molecule has 0 unspecified atom stereocenters. The first-order chi connectivity index (χ1) is 14.2. The minimum atomic E-state index is 0.155. The summed E-state index contributed by atoms with van der Waals surface area (Å²) in [5, 5.41) is 14.7. The highest BCUT2D eigenvalue weighted by molar-refractivity contribution is 6.01. The van der Waals surface area contributed by atoms with Crippen LogP contribution in [0.25, 0.3) is 22.0 Å². The van der Waals surface area contributed by atoms with E-state index in [0.717, 1.165) is 39.3 Å². The molecule has 0 saturated heterocycles. The van der Waals surface area contributed by atoms with Crippen LogP contribution in [0.2, 0.25) is 0 Å². The average molecular weight is 387 g/mol. The molecule has 1 fully saturated rings. The maximum atomic E-state index is 5.86. The number of benzene rings is 2. The average Bonchev–Trinajstić information content (AvgIpc) is 2.73. The number of anilines is 1. The van der Waals surface area contributed by atoms with Crippen LogP contribution in [-0.4, -0.2) is 29.6 Å². The number of hydrogen-bond acceptors (Lipinski definition) is 5. The van der Waals surface area contributed by atoms with E-state index in [1.807, 2.05) is 37.3 Å². The van der Waals surface area contributed by atoms with E-state index in [1.165, 1.54) is 12.8 Å². The van der Waals surface area contributed by atoms with Gasteiger partial charge in [0, 0.05) is 34.5 Å². The van der Waals surface area contributed by atoms with E-state index < -0.39 is 0 Å². The lowest BCUT2D eigenvalue weighted by molar-refractivity contribution is 0.0227. The minimum absolute atomic E-state index is 0.155. The highest BCUT2D eigenvalue weighted by Crippen LogP contribution is 2.37. The first-order valence-electron chi connectivity index (χ1n) is 10.0. The second-order valence-electron chi connectivity index (χ2n) is 7.47. The topological polar surface area (TPSA) is 56.3 Å². The van der Waals surface area contributed by atoms with Crippen LogP contribution in [0.4, 0.5) is 5.82 Å². The first-order valence-corrected chi connectivity index (χ1v) is 10.0. The van der Waals surface area contributed by atoms with Crippen molar-refractivity contribution in [3.63, 3.8) is 0 Å². The Balaban J connectivity index is 1.75. The zero-order valence-electron chi connectivity index (χ0n) is 16.8. The molecular formula is C24H25N3O2. The van der Waals surface area contributed by atoms with Crippen molar-refractivity contribution in [1.82, 2.24) is 10.2 Å². The molecule has 5 heteroatoms. The van der Waals surface area contributed by atoms with Crippen LogP contribution in [0.5, 0.6) is 5.75 Å². The molecule has 29 heavy (non-hydrogen) atoms. The molecule has 0 atom stereocenters. The molecule has 1 aromatic heterocycles. The van der Waals surface area contributed by atoms with Gasteiger partial charge in [-0.05, 0) is 43.9 Å². The van der Waals surface area contributed by atoms with Gasteiger partial charge in [0.2, 0.25) is 0 Å². The highest BCUT2D eigenvalue weighted by atomic mass is 16.7. The third kappa shape index (κ3) is 4.03. The molecule has 148 valence electrons. The van der Waals surface area contributed by atoms with Gasteiger partial charge in [-0.2, -0.15) is 0 Å². The molecule has 1 aliphatic rings. The lowest BCUT2D eigenvalue weighted by atomic mass is 9.82. The van der Waals surface area contributed by atoms with Crippen molar-refractivity contribution in [3.8, 4) is 29.4 Å². The fourth-order valence-corrected chi connectivity index (χ4v) is 3.74. The molecule has 1 heterocycles. The Labute approximate surface area is 171 Å². The van der Waals surface area contributed by atoms with Crippen LogP contribution >= 0.6 is 0 Å². The van der Waals surface area contributed by atoms with Gasteiger partial charge in [0.05, 0.1) is 0 Å². The predicted molar refractivity (Wildman–Crippen MR) is 116 cm³/mol. The fourth-order valence-electron chi connectivity index (χ4n) is 3.74. The van der Waals surface area contributed by atoms with Crippen molar-refractivity contribution >= 4 is 16.6 Å². The van der Waals surface area contributed by atoms with E-state index in [4.69, 9.17) is 15.9 Å². The molecule has 0 spiro atoms. The van der Waals surface area contributed by atoms with E-state index in [-0.39, 0.29) is 6.79 Å². The Bertz CT molecular complexity index is 1050. The van der Waals surface area contributed by atoms with Gasteiger partial charge in [-0.15, -0.1) is 16.6 Å². The van der Waals surface area contributed by atoms with Crippen molar-refractivity contribution in [2.24, 2.45) is 5.92 Å². The quantitative estimate of drug-likeness (QED) is 0.356. The third-order valence-corrected chi connectivity index (χ3v) is 5.31. The molecular weight excluding hydrogens is 362 g/mol. The van der Waals surface area contributed by atoms with E-state index >= 15 is 0 Å². The Kier molecular flexibility index (Phi) is 5.64. The second kappa shape index (κ2) is 8.50. The van der Waals surface area contributed by atoms with Crippen molar-refractivity contribution in [3.05, 3.63) is 48.0 Å². The summed E-state index contributed by atoms with van der Waals surface area (Å²) in [5.41, 5.74) is 2.36. The molecule has 1 saturated carbocycles. The monoisotopic (exact) mass is 387 g/mol. The molecule has 5 nitrogen and oxygen atoms in total. The SMILES string of the molecule is C#Cc1ccc(-c2nnc(NC3CC(C)C3)c3ccccc23)c(OCOCC)c1. The van der Waals surface area contributed by atoms with Gasteiger partial charge < -0.3 is 14.8 Å². The van der Waals surface area contributed by atoms with E-state index in [0.29, 0.717) is 18.4 Å². The predicted octanol–water partition coefficient (Wildman–Crippen LogP) is 4.86. The zero-order chi connectivity index (χ0) is 20.2. The van der Waals surface area contributed by atoms with E-state index in [2.05, 4.69) is 40.5 Å². The van der Waals surface area contributed by atoms with Gasteiger partial charge in [0.1, 0.15) is 11.4 Å². The number of nitrogens with one attached hydrogen (secondary N) is 1. The largest absolute Gasteiger partial charge is 0.467 e. The van der Waals surface area contributed by atoms with Crippen LogP contribution in [0, 0.1) is 18.3 Å². The number of rotatable bonds is 7. The van der Waals surface area contributed by atoms with Gasteiger partial charge in [0.25, 0.3) is 0 Å². The molecule has 0 aliphatic heterocycles. The highest BCUT2D eigenvalue weighted by Gasteiger charge is 2.26. The Hall–Kier alpha value is -3.10. The third-order valence-electron chi connectivity index (χ3n) is 5.31. The van der Waals surface area contributed by atoms with Crippen molar-refractivity contribution in [2.45, 2.75) is 32.7 Å². The summed E-state index contributed by atoms with van der Waals surface area (Å²) < 4.78 is 11.2. The van der Waals surface area contributed by atoms with Crippen molar-refractivity contribution < 1.29 is 9.47 Å². The maximum absolute atomic E-state index is 5.86.